The van der Waals surface area contributed by atoms with Gasteiger partial charge in [-0.25, -0.2) is 0 Å². The standard InChI is InChI=1S/C9H16O2/c1-3-7-11-8-5-6-9(10)4-2/h3H,1,4-8H2,2H3. The van der Waals surface area contributed by atoms with Crippen molar-refractivity contribution in [3.8, 4) is 0 Å². The van der Waals surface area contributed by atoms with Crippen LogP contribution in [0.1, 0.15) is 26.2 Å². The number of hydrogen-bond acceptors (Lipinski definition) is 2. The monoisotopic (exact) mass is 156 g/mol. The van der Waals surface area contributed by atoms with E-state index in [0.29, 0.717) is 31.8 Å². The smallest absolute Gasteiger partial charge is 0.132 e. The number of carbonyl (C=O) groups excluding carboxylic acids is 1. The fraction of sp³-hybridized carbons (Fsp3) is 0.667. The maximum absolute atomic E-state index is 10.8. The van der Waals surface area contributed by atoms with Crippen LogP contribution in [0, 0.1) is 0 Å². The van der Waals surface area contributed by atoms with Gasteiger partial charge in [0, 0.05) is 19.4 Å². The van der Waals surface area contributed by atoms with Gasteiger partial charge in [-0.2, -0.15) is 0 Å². The van der Waals surface area contributed by atoms with E-state index in [9.17, 15) is 4.79 Å². The topological polar surface area (TPSA) is 26.3 Å². The summed E-state index contributed by atoms with van der Waals surface area (Å²) >= 11 is 0. The molecule has 0 saturated heterocycles. The lowest BCUT2D eigenvalue weighted by molar-refractivity contribution is -0.119. The maximum atomic E-state index is 10.8. The lowest BCUT2D eigenvalue weighted by Crippen LogP contribution is -1.99. The number of Topliss-reactive ketones (excluding diaryl/α,β-unsaturated/α-hetero) is 1. The average Bonchev–Trinajstić information content (AvgIpc) is 2.04. The van der Waals surface area contributed by atoms with Crippen LogP contribution < -0.4 is 0 Å². The third-order valence-corrected chi connectivity index (χ3v) is 1.37. The first kappa shape index (κ1) is 10.4. The normalized spacial score (nSPS) is 9.55. The molecule has 0 saturated carbocycles. The van der Waals surface area contributed by atoms with Crippen molar-refractivity contribution in [2.75, 3.05) is 13.2 Å². The molecule has 0 rings (SSSR count). The molecular formula is C9H16O2. The van der Waals surface area contributed by atoms with Crippen LogP contribution >= 0.6 is 0 Å². The first-order valence-electron chi connectivity index (χ1n) is 4.01. The van der Waals surface area contributed by atoms with E-state index >= 15 is 0 Å². The third-order valence-electron chi connectivity index (χ3n) is 1.37. The Bertz CT molecular complexity index is 119. The quantitative estimate of drug-likeness (QED) is 0.416. The van der Waals surface area contributed by atoms with Crippen LogP contribution in [0.2, 0.25) is 0 Å². The highest BCUT2D eigenvalue weighted by atomic mass is 16.5. The van der Waals surface area contributed by atoms with E-state index in [0.717, 1.165) is 6.42 Å². The zero-order chi connectivity index (χ0) is 8.53. The molecule has 0 radical (unpaired) electrons. The van der Waals surface area contributed by atoms with Gasteiger partial charge in [0.25, 0.3) is 0 Å². The van der Waals surface area contributed by atoms with Gasteiger partial charge >= 0.3 is 0 Å². The van der Waals surface area contributed by atoms with Crippen molar-refractivity contribution in [2.24, 2.45) is 0 Å². The highest BCUT2D eigenvalue weighted by Crippen LogP contribution is 1.94. The van der Waals surface area contributed by atoms with Crippen LogP contribution in [0.25, 0.3) is 0 Å². The molecule has 2 nitrogen and oxygen atoms in total. The second kappa shape index (κ2) is 7.48. The molecule has 0 aromatic rings. The van der Waals surface area contributed by atoms with Gasteiger partial charge in [-0.05, 0) is 6.42 Å². The maximum Gasteiger partial charge on any atom is 0.132 e. The SMILES string of the molecule is C=CCOCCCC(=O)CC. The van der Waals surface area contributed by atoms with Crippen LogP contribution in [0.4, 0.5) is 0 Å². The molecule has 0 unspecified atom stereocenters. The van der Waals surface area contributed by atoms with Gasteiger partial charge < -0.3 is 4.74 Å². The van der Waals surface area contributed by atoms with E-state index in [4.69, 9.17) is 4.74 Å². The van der Waals surface area contributed by atoms with E-state index in [1.807, 2.05) is 6.92 Å². The van der Waals surface area contributed by atoms with Crippen molar-refractivity contribution in [1.29, 1.82) is 0 Å². The van der Waals surface area contributed by atoms with Crippen LogP contribution in [-0.2, 0) is 9.53 Å². The fourth-order valence-electron chi connectivity index (χ4n) is 0.715. The average molecular weight is 156 g/mol. The lowest BCUT2D eigenvalue weighted by Gasteiger charge is -1.98. The molecule has 0 N–H and O–H groups in total. The highest BCUT2D eigenvalue weighted by Gasteiger charge is 1.96. The Morgan fingerprint density at radius 1 is 1.64 bits per heavy atom. The number of ether oxygens (including phenoxy) is 1. The summed E-state index contributed by atoms with van der Waals surface area (Å²) in [4.78, 5) is 10.8. The van der Waals surface area contributed by atoms with Crippen molar-refractivity contribution in [3.05, 3.63) is 12.7 Å². The summed E-state index contributed by atoms with van der Waals surface area (Å²) < 4.78 is 5.11. The first-order chi connectivity index (χ1) is 5.31. The van der Waals surface area contributed by atoms with Crippen LogP contribution in [0.5, 0.6) is 0 Å². The number of carbonyl (C=O) groups is 1. The molecule has 0 spiro atoms. The minimum atomic E-state index is 0.312. The van der Waals surface area contributed by atoms with Crippen molar-refractivity contribution in [3.63, 3.8) is 0 Å². The summed E-state index contributed by atoms with van der Waals surface area (Å²) in [6.45, 7) is 6.65. The molecule has 0 heterocycles. The van der Waals surface area contributed by atoms with Gasteiger partial charge in [0.2, 0.25) is 0 Å². The van der Waals surface area contributed by atoms with E-state index in [2.05, 4.69) is 6.58 Å². The predicted molar refractivity (Wildman–Crippen MR) is 45.5 cm³/mol. The lowest BCUT2D eigenvalue weighted by atomic mass is 10.2. The molecule has 0 aromatic heterocycles. The van der Waals surface area contributed by atoms with E-state index in [-0.39, 0.29) is 0 Å². The Balaban J connectivity index is 3.01. The Morgan fingerprint density at radius 2 is 2.36 bits per heavy atom. The molecular weight excluding hydrogens is 140 g/mol. The Labute approximate surface area is 68.2 Å². The van der Waals surface area contributed by atoms with Gasteiger partial charge in [0.05, 0.1) is 6.61 Å². The van der Waals surface area contributed by atoms with E-state index in [1.165, 1.54) is 0 Å². The molecule has 0 amide bonds. The third kappa shape index (κ3) is 7.26. The number of hydrogen-bond donors (Lipinski definition) is 0. The van der Waals surface area contributed by atoms with E-state index in [1.54, 1.807) is 6.08 Å². The largest absolute Gasteiger partial charge is 0.377 e. The van der Waals surface area contributed by atoms with Crippen molar-refractivity contribution in [1.82, 2.24) is 0 Å². The Morgan fingerprint density at radius 3 is 2.91 bits per heavy atom. The molecule has 0 aliphatic heterocycles. The van der Waals surface area contributed by atoms with Crippen LogP contribution in [-0.4, -0.2) is 19.0 Å². The zero-order valence-electron chi connectivity index (χ0n) is 7.14. The molecule has 11 heavy (non-hydrogen) atoms. The molecule has 0 atom stereocenters. The molecule has 0 aliphatic carbocycles. The van der Waals surface area contributed by atoms with Gasteiger partial charge in [0.1, 0.15) is 5.78 Å². The van der Waals surface area contributed by atoms with Gasteiger partial charge in [-0.1, -0.05) is 13.0 Å². The summed E-state index contributed by atoms with van der Waals surface area (Å²) in [5, 5.41) is 0. The second-order valence-corrected chi connectivity index (χ2v) is 2.36. The zero-order valence-corrected chi connectivity index (χ0v) is 7.14. The number of ketones is 1. The minimum Gasteiger partial charge on any atom is -0.377 e. The van der Waals surface area contributed by atoms with Crippen LogP contribution in [0.3, 0.4) is 0 Å². The summed E-state index contributed by atoms with van der Waals surface area (Å²) in [5.74, 6) is 0.312. The summed E-state index contributed by atoms with van der Waals surface area (Å²) in [6, 6.07) is 0. The molecule has 0 bridgehead atoms. The van der Waals surface area contributed by atoms with Gasteiger partial charge in [-0.15, -0.1) is 6.58 Å². The second-order valence-electron chi connectivity index (χ2n) is 2.36. The number of rotatable bonds is 7. The minimum absolute atomic E-state index is 0.312. The van der Waals surface area contributed by atoms with Crippen LogP contribution in [0.15, 0.2) is 12.7 Å². The Hall–Kier alpha value is -0.630. The molecule has 2 heteroatoms. The highest BCUT2D eigenvalue weighted by molar-refractivity contribution is 5.77. The molecule has 0 aromatic carbocycles. The molecule has 64 valence electrons. The summed E-state index contributed by atoms with van der Waals surface area (Å²) in [5.41, 5.74) is 0. The van der Waals surface area contributed by atoms with Crippen molar-refractivity contribution >= 4 is 5.78 Å². The van der Waals surface area contributed by atoms with Gasteiger partial charge in [-0.3, -0.25) is 4.79 Å². The fourth-order valence-corrected chi connectivity index (χ4v) is 0.715. The van der Waals surface area contributed by atoms with E-state index < -0.39 is 0 Å². The summed E-state index contributed by atoms with van der Waals surface area (Å²) in [7, 11) is 0. The molecule has 0 aliphatic rings. The van der Waals surface area contributed by atoms with Crippen molar-refractivity contribution < 1.29 is 9.53 Å². The first-order valence-corrected chi connectivity index (χ1v) is 4.01. The predicted octanol–water partition coefficient (Wildman–Crippen LogP) is 1.95. The van der Waals surface area contributed by atoms with Crippen molar-refractivity contribution in [2.45, 2.75) is 26.2 Å². The summed E-state index contributed by atoms with van der Waals surface area (Å²) in [6.07, 6.45) is 3.83. The Kier molecular flexibility index (Phi) is 7.05. The molecule has 0 fully saturated rings. The van der Waals surface area contributed by atoms with Gasteiger partial charge in [0.15, 0.2) is 0 Å².